The predicted octanol–water partition coefficient (Wildman–Crippen LogP) is 2.60. The summed E-state index contributed by atoms with van der Waals surface area (Å²) < 4.78 is 0. The molecular formula is C19H18N2O2. The minimum absolute atomic E-state index is 0.110. The number of carbonyl (C=O) groups excluding carboxylic acids is 1. The molecule has 1 unspecified atom stereocenters. The van der Waals surface area contributed by atoms with E-state index in [0.29, 0.717) is 5.56 Å². The van der Waals surface area contributed by atoms with Crippen LogP contribution in [0.5, 0.6) is 0 Å². The van der Waals surface area contributed by atoms with Crippen molar-refractivity contribution < 1.29 is 9.90 Å². The molecule has 1 amide bonds. The number of aliphatic hydroxyl groups is 1. The lowest BCUT2D eigenvalue weighted by Crippen LogP contribution is -2.37. The molecule has 4 heteroatoms. The van der Waals surface area contributed by atoms with Crippen LogP contribution >= 0.6 is 0 Å². The van der Waals surface area contributed by atoms with E-state index in [1.807, 2.05) is 36.4 Å². The third-order valence-corrected chi connectivity index (χ3v) is 3.45. The Bertz CT molecular complexity index is 743. The summed E-state index contributed by atoms with van der Waals surface area (Å²) in [5.74, 6) is -0.302. The van der Waals surface area contributed by atoms with Gasteiger partial charge in [0, 0.05) is 6.08 Å². The molecule has 0 fully saturated rings. The van der Waals surface area contributed by atoms with Crippen molar-refractivity contribution in [2.24, 2.45) is 0 Å². The molecule has 23 heavy (non-hydrogen) atoms. The highest BCUT2D eigenvalue weighted by Crippen LogP contribution is 2.18. The number of nitriles is 1. The summed E-state index contributed by atoms with van der Waals surface area (Å²) in [5.41, 5.74) is 0.922. The van der Waals surface area contributed by atoms with Crippen LogP contribution in [-0.2, 0) is 10.4 Å². The zero-order valence-electron chi connectivity index (χ0n) is 12.9. The Morgan fingerprint density at radius 1 is 1.26 bits per heavy atom. The largest absolute Gasteiger partial charge is 0.384 e. The molecule has 2 aromatic rings. The van der Waals surface area contributed by atoms with E-state index in [1.165, 1.54) is 6.08 Å². The molecule has 0 saturated carbocycles. The summed E-state index contributed by atoms with van der Waals surface area (Å²) in [6.45, 7) is 1.77. The van der Waals surface area contributed by atoms with E-state index in [0.717, 1.165) is 11.1 Å². The fourth-order valence-electron chi connectivity index (χ4n) is 2.10. The molecule has 2 rings (SSSR count). The molecule has 0 aliphatic heterocycles. The third kappa shape index (κ3) is 4.80. The first kappa shape index (κ1) is 16.5. The van der Waals surface area contributed by atoms with Gasteiger partial charge in [-0.05, 0) is 36.3 Å². The topological polar surface area (TPSA) is 73.1 Å². The Morgan fingerprint density at radius 2 is 2.00 bits per heavy atom. The molecule has 0 heterocycles. The van der Waals surface area contributed by atoms with E-state index in [4.69, 9.17) is 5.26 Å². The quantitative estimate of drug-likeness (QED) is 0.834. The number of rotatable bonds is 5. The molecule has 4 nitrogen and oxygen atoms in total. The zero-order valence-corrected chi connectivity index (χ0v) is 12.9. The normalized spacial score (nSPS) is 13.3. The summed E-state index contributed by atoms with van der Waals surface area (Å²) in [6.07, 6.45) is 3.02. The maximum absolute atomic E-state index is 11.9. The third-order valence-electron chi connectivity index (χ3n) is 3.45. The van der Waals surface area contributed by atoms with Crippen molar-refractivity contribution in [3.8, 4) is 6.07 Å². The molecule has 0 aliphatic rings. The second-order valence-electron chi connectivity index (χ2n) is 5.43. The van der Waals surface area contributed by atoms with Crippen LogP contribution in [-0.4, -0.2) is 17.6 Å². The lowest BCUT2D eigenvalue weighted by atomic mass is 9.96. The highest BCUT2D eigenvalue weighted by Gasteiger charge is 2.22. The van der Waals surface area contributed by atoms with Gasteiger partial charge in [0.05, 0.1) is 18.2 Å². The first-order valence-corrected chi connectivity index (χ1v) is 7.25. The lowest BCUT2D eigenvalue weighted by Gasteiger charge is -2.23. The predicted molar refractivity (Wildman–Crippen MR) is 89.2 cm³/mol. The van der Waals surface area contributed by atoms with Gasteiger partial charge >= 0.3 is 0 Å². The standard InChI is InChI=1S/C19H18N2O2/c1-19(23,17-8-3-2-4-9-17)14-21-18(22)11-10-15-6-5-7-16(12-15)13-20/h2-12,23H,14H2,1H3,(H,21,22). The van der Waals surface area contributed by atoms with Gasteiger partial charge < -0.3 is 10.4 Å². The zero-order chi connectivity index (χ0) is 16.7. The van der Waals surface area contributed by atoms with Crippen molar-refractivity contribution in [2.45, 2.75) is 12.5 Å². The van der Waals surface area contributed by atoms with E-state index in [2.05, 4.69) is 11.4 Å². The molecule has 0 saturated heterocycles. The van der Waals surface area contributed by atoms with Gasteiger partial charge in [-0.1, -0.05) is 42.5 Å². The van der Waals surface area contributed by atoms with Crippen molar-refractivity contribution in [2.75, 3.05) is 6.54 Å². The number of nitrogens with zero attached hydrogens (tertiary/aromatic N) is 1. The number of hydrogen-bond acceptors (Lipinski definition) is 3. The summed E-state index contributed by atoms with van der Waals surface area (Å²) in [4.78, 5) is 11.9. The maximum atomic E-state index is 11.9. The van der Waals surface area contributed by atoms with Gasteiger partial charge in [0.25, 0.3) is 0 Å². The summed E-state index contributed by atoms with van der Waals surface area (Å²) in [5, 5.41) is 21.9. The highest BCUT2D eigenvalue weighted by atomic mass is 16.3. The van der Waals surface area contributed by atoms with Crippen molar-refractivity contribution >= 4 is 12.0 Å². The fraction of sp³-hybridized carbons (Fsp3) is 0.158. The van der Waals surface area contributed by atoms with Crippen molar-refractivity contribution in [3.05, 3.63) is 77.4 Å². The Balaban J connectivity index is 1.95. The molecule has 0 bridgehead atoms. The van der Waals surface area contributed by atoms with Gasteiger partial charge in [-0.3, -0.25) is 4.79 Å². The van der Waals surface area contributed by atoms with Gasteiger partial charge in [-0.2, -0.15) is 5.26 Å². The molecule has 2 N–H and O–H groups in total. The van der Waals surface area contributed by atoms with Crippen LogP contribution in [0.2, 0.25) is 0 Å². The highest BCUT2D eigenvalue weighted by molar-refractivity contribution is 5.91. The average molecular weight is 306 g/mol. The molecule has 116 valence electrons. The van der Waals surface area contributed by atoms with Crippen LogP contribution in [0.1, 0.15) is 23.6 Å². The molecule has 0 aromatic heterocycles. The summed E-state index contributed by atoms with van der Waals surface area (Å²) >= 11 is 0. The Hall–Kier alpha value is -2.90. The minimum atomic E-state index is -1.13. The van der Waals surface area contributed by atoms with Crippen LogP contribution in [0.3, 0.4) is 0 Å². The molecular weight excluding hydrogens is 288 g/mol. The van der Waals surface area contributed by atoms with E-state index < -0.39 is 5.60 Å². The second-order valence-corrected chi connectivity index (χ2v) is 5.43. The lowest BCUT2D eigenvalue weighted by molar-refractivity contribution is -0.117. The van der Waals surface area contributed by atoms with E-state index in [9.17, 15) is 9.90 Å². The smallest absolute Gasteiger partial charge is 0.244 e. The molecule has 0 aliphatic carbocycles. The van der Waals surface area contributed by atoms with Crippen molar-refractivity contribution in [1.82, 2.24) is 5.32 Å². The van der Waals surface area contributed by atoms with Crippen LogP contribution in [0.15, 0.2) is 60.7 Å². The molecule has 0 spiro atoms. The fourth-order valence-corrected chi connectivity index (χ4v) is 2.10. The van der Waals surface area contributed by atoms with Gasteiger partial charge in [-0.25, -0.2) is 0 Å². The van der Waals surface area contributed by atoms with Crippen molar-refractivity contribution in [3.63, 3.8) is 0 Å². The van der Waals surface area contributed by atoms with Crippen LogP contribution in [0.25, 0.3) is 6.08 Å². The molecule has 0 radical (unpaired) electrons. The Kier molecular flexibility index (Phi) is 5.29. The number of amides is 1. The minimum Gasteiger partial charge on any atom is -0.384 e. The van der Waals surface area contributed by atoms with Crippen LogP contribution in [0.4, 0.5) is 0 Å². The van der Waals surface area contributed by atoms with Gasteiger partial charge in [0.1, 0.15) is 5.60 Å². The molecule has 2 aromatic carbocycles. The Morgan fingerprint density at radius 3 is 2.70 bits per heavy atom. The Labute approximate surface area is 135 Å². The van der Waals surface area contributed by atoms with Crippen LogP contribution < -0.4 is 5.32 Å². The van der Waals surface area contributed by atoms with Gasteiger partial charge in [-0.15, -0.1) is 0 Å². The number of nitrogens with one attached hydrogen (secondary N) is 1. The van der Waals surface area contributed by atoms with Crippen molar-refractivity contribution in [1.29, 1.82) is 5.26 Å². The first-order valence-electron chi connectivity index (χ1n) is 7.25. The van der Waals surface area contributed by atoms with E-state index in [1.54, 1.807) is 31.2 Å². The van der Waals surface area contributed by atoms with Crippen LogP contribution in [0, 0.1) is 11.3 Å². The average Bonchev–Trinajstić information content (AvgIpc) is 2.59. The number of benzene rings is 2. The van der Waals surface area contributed by atoms with E-state index in [-0.39, 0.29) is 12.5 Å². The maximum Gasteiger partial charge on any atom is 0.244 e. The summed E-state index contributed by atoms with van der Waals surface area (Å²) in [7, 11) is 0. The monoisotopic (exact) mass is 306 g/mol. The SMILES string of the molecule is CC(O)(CNC(=O)C=Cc1cccc(C#N)c1)c1ccccc1. The first-order chi connectivity index (χ1) is 11.0. The number of hydrogen-bond donors (Lipinski definition) is 2. The van der Waals surface area contributed by atoms with Gasteiger partial charge in [0.2, 0.25) is 5.91 Å². The summed E-state index contributed by atoms with van der Waals surface area (Å²) in [6, 6.07) is 18.2. The van der Waals surface area contributed by atoms with Gasteiger partial charge in [0.15, 0.2) is 0 Å². The van der Waals surface area contributed by atoms with E-state index >= 15 is 0 Å². The second kappa shape index (κ2) is 7.39. The molecule has 1 atom stereocenters. The number of carbonyl (C=O) groups is 1.